The highest BCUT2D eigenvalue weighted by Crippen LogP contribution is 2.29. The summed E-state index contributed by atoms with van der Waals surface area (Å²) in [7, 11) is 3.54. The van der Waals surface area contributed by atoms with E-state index in [2.05, 4.69) is 37.2 Å². The summed E-state index contributed by atoms with van der Waals surface area (Å²) in [6.07, 6.45) is 4.38. The molecule has 0 spiro atoms. The van der Waals surface area contributed by atoms with Gasteiger partial charge in [0, 0.05) is 57.7 Å². The molecular formula is C23H32IN5O2. The minimum atomic E-state index is 0. The van der Waals surface area contributed by atoms with Crippen molar-refractivity contribution >= 4 is 35.6 Å². The van der Waals surface area contributed by atoms with E-state index < -0.39 is 0 Å². The molecule has 0 radical (unpaired) electrons. The normalized spacial score (nSPS) is 16.5. The van der Waals surface area contributed by atoms with Crippen molar-refractivity contribution in [3.8, 4) is 11.6 Å². The molecule has 0 atom stereocenters. The highest BCUT2D eigenvalue weighted by atomic mass is 127. The van der Waals surface area contributed by atoms with Crippen molar-refractivity contribution in [2.75, 3.05) is 51.8 Å². The Balaban J connectivity index is 0.00000272. The van der Waals surface area contributed by atoms with E-state index >= 15 is 0 Å². The molecule has 2 heterocycles. The number of guanidine groups is 1. The van der Waals surface area contributed by atoms with E-state index in [1.54, 1.807) is 7.11 Å². The zero-order valence-electron chi connectivity index (χ0n) is 18.3. The van der Waals surface area contributed by atoms with E-state index in [9.17, 15) is 0 Å². The molecule has 0 bridgehead atoms. The molecule has 1 saturated heterocycles. The number of hydrogen-bond acceptors (Lipinski definition) is 5. The van der Waals surface area contributed by atoms with E-state index in [1.165, 1.54) is 18.5 Å². The van der Waals surface area contributed by atoms with E-state index in [1.807, 2.05) is 37.5 Å². The van der Waals surface area contributed by atoms with Crippen LogP contribution in [0.3, 0.4) is 0 Å². The lowest BCUT2D eigenvalue weighted by Gasteiger charge is -2.37. The van der Waals surface area contributed by atoms with Crippen LogP contribution in [0.5, 0.6) is 11.6 Å². The minimum Gasteiger partial charge on any atom is -0.497 e. The second-order valence-electron chi connectivity index (χ2n) is 7.83. The molecule has 1 aliphatic heterocycles. The number of ether oxygens (including phenoxy) is 2. The highest BCUT2D eigenvalue weighted by molar-refractivity contribution is 14.0. The van der Waals surface area contributed by atoms with Gasteiger partial charge in [0.1, 0.15) is 5.75 Å². The number of methoxy groups -OCH3 is 1. The molecule has 1 N–H and O–H groups in total. The Hall–Kier alpha value is -2.23. The van der Waals surface area contributed by atoms with Crippen LogP contribution in [0.1, 0.15) is 18.4 Å². The number of hydrogen-bond donors (Lipinski definition) is 1. The zero-order valence-corrected chi connectivity index (χ0v) is 20.6. The summed E-state index contributed by atoms with van der Waals surface area (Å²) >= 11 is 0. The van der Waals surface area contributed by atoms with Crippen molar-refractivity contribution in [1.29, 1.82) is 0 Å². The van der Waals surface area contributed by atoms with E-state index in [4.69, 9.17) is 9.47 Å². The fourth-order valence-corrected chi connectivity index (χ4v) is 3.61. The number of piperazine rings is 1. The van der Waals surface area contributed by atoms with Crippen LogP contribution in [0.15, 0.2) is 47.6 Å². The fourth-order valence-electron chi connectivity index (χ4n) is 3.61. The lowest BCUT2D eigenvalue weighted by atomic mass is 10.2. The third-order valence-corrected chi connectivity index (χ3v) is 5.64. The van der Waals surface area contributed by atoms with Gasteiger partial charge in [0.25, 0.3) is 0 Å². The molecule has 1 aromatic carbocycles. The monoisotopic (exact) mass is 537 g/mol. The van der Waals surface area contributed by atoms with Gasteiger partial charge < -0.3 is 24.6 Å². The quantitative estimate of drug-likeness (QED) is 0.332. The molecule has 8 heteroatoms. The maximum Gasteiger partial charge on any atom is 0.213 e. The maximum atomic E-state index is 5.80. The number of benzene rings is 1. The van der Waals surface area contributed by atoms with Crippen LogP contribution < -0.4 is 19.7 Å². The van der Waals surface area contributed by atoms with Gasteiger partial charge >= 0.3 is 0 Å². The first-order chi connectivity index (χ1) is 14.7. The van der Waals surface area contributed by atoms with Gasteiger partial charge in [-0.15, -0.1) is 24.0 Å². The van der Waals surface area contributed by atoms with Crippen LogP contribution >= 0.6 is 24.0 Å². The largest absolute Gasteiger partial charge is 0.497 e. The molecule has 2 aromatic rings. The zero-order chi connectivity index (χ0) is 20.8. The SMILES string of the molecule is CN=C(NCc1ccnc(OCC2CC2)c1)N1CCN(c2ccc(OC)cc2)CC1.I. The number of halogens is 1. The molecule has 1 aliphatic carbocycles. The van der Waals surface area contributed by atoms with Crippen LogP contribution in [0.4, 0.5) is 5.69 Å². The van der Waals surface area contributed by atoms with Gasteiger partial charge in [0.05, 0.1) is 13.7 Å². The summed E-state index contributed by atoms with van der Waals surface area (Å²) in [6.45, 7) is 5.26. The van der Waals surface area contributed by atoms with Gasteiger partial charge in [0.15, 0.2) is 5.96 Å². The lowest BCUT2D eigenvalue weighted by molar-refractivity contribution is 0.288. The number of anilines is 1. The molecule has 1 aromatic heterocycles. The smallest absolute Gasteiger partial charge is 0.213 e. The molecule has 4 rings (SSSR count). The van der Waals surface area contributed by atoms with Crippen molar-refractivity contribution in [3.05, 3.63) is 48.2 Å². The second kappa shape index (κ2) is 11.4. The summed E-state index contributed by atoms with van der Waals surface area (Å²) in [5.41, 5.74) is 2.38. The third-order valence-electron chi connectivity index (χ3n) is 5.64. The standard InChI is InChI=1S/C23H31N5O2.HI/c1-24-23(26-16-19-9-10-25-22(15-19)30-17-18-3-4-18)28-13-11-27(12-14-28)20-5-7-21(29-2)8-6-20;/h5-10,15,18H,3-4,11-14,16-17H2,1-2H3,(H,24,26);1H. The molecule has 0 unspecified atom stereocenters. The lowest BCUT2D eigenvalue weighted by Crippen LogP contribution is -2.52. The summed E-state index contributed by atoms with van der Waals surface area (Å²) < 4.78 is 11.0. The van der Waals surface area contributed by atoms with Crippen LogP contribution in [0.25, 0.3) is 0 Å². The number of nitrogens with zero attached hydrogens (tertiary/aromatic N) is 4. The number of rotatable bonds is 7. The Labute approximate surface area is 201 Å². The van der Waals surface area contributed by atoms with Gasteiger partial charge in [-0.05, 0) is 54.7 Å². The van der Waals surface area contributed by atoms with E-state index in [0.717, 1.165) is 56.0 Å². The van der Waals surface area contributed by atoms with Gasteiger partial charge in [-0.1, -0.05) is 0 Å². The average molecular weight is 537 g/mol. The Morgan fingerprint density at radius 1 is 1.13 bits per heavy atom. The van der Waals surface area contributed by atoms with Crippen molar-refractivity contribution in [1.82, 2.24) is 15.2 Å². The molecule has 7 nitrogen and oxygen atoms in total. The predicted octanol–water partition coefficient (Wildman–Crippen LogP) is 3.39. The maximum absolute atomic E-state index is 5.80. The van der Waals surface area contributed by atoms with Gasteiger partial charge in [-0.3, -0.25) is 4.99 Å². The first-order valence-electron chi connectivity index (χ1n) is 10.7. The molecule has 2 aliphatic rings. The summed E-state index contributed by atoms with van der Waals surface area (Å²) in [4.78, 5) is 13.5. The number of pyridine rings is 1. The molecular weight excluding hydrogens is 505 g/mol. The molecule has 1 saturated carbocycles. The molecule has 0 amide bonds. The Morgan fingerprint density at radius 2 is 1.87 bits per heavy atom. The average Bonchev–Trinajstić information content (AvgIpc) is 3.64. The predicted molar refractivity (Wildman–Crippen MR) is 135 cm³/mol. The Kier molecular flexibility index (Phi) is 8.62. The first kappa shape index (κ1) is 23.4. The first-order valence-corrected chi connectivity index (χ1v) is 10.7. The van der Waals surface area contributed by atoms with Crippen molar-refractivity contribution < 1.29 is 9.47 Å². The molecule has 2 fully saturated rings. The molecule has 31 heavy (non-hydrogen) atoms. The topological polar surface area (TPSA) is 62.2 Å². The van der Waals surface area contributed by atoms with Gasteiger partial charge in [-0.2, -0.15) is 0 Å². The number of nitrogens with one attached hydrogen (secondary N) is 1. The number of aromatic nitrogens is 1. The van der Waals surface area contributed by atoms with Crippen LogP contribution in [-0.2, 0) is 6.54 Å². The van der Waals surface area contributed by atoms with Gasteiger partial charge in [-0.25, -0.2) is 4.98 Å². The minimum absolute atomic E-state index is 0. The second-order valence-corrected chi connectivity index (χ2v) is 7.83. The molecule has 168 valence electrons. The van der Waals surface area contributed by atoms with Crippen LogP contribution in [-0.4, -0.2) is 62.8 Å². The van der Waals surface area contributed by atoms with Crippen LogP contribution in [0.2, 0.25) is 0 Å². The van der Waals surface area contributed by atoms with E-state index in [-0.39, 0.29) is 24.0 Å². The third kappa shape index (κ3) is 6.62. The fraction of sp³-hybridized carbons (Fsp3) is 0.478. The van der Waals surface area contributed by atoms with Gasteiger partial charge in [0.2, 0.25) is 5.88 Å². The highest BCUT2D eigenvalue weighted by Gasteiger charge is 2.22. The Morgan fingerprint density at radius 3 is 2.52 bits per heavy atom. The summed E-state index contributed by atoms with van der Waals surface area (Å²) in [6, 6.07) is 12.3. The Bertz CT molecular complexity index is 849. The van der Waals surface area contributed by atoms with Crippen LogP contribution in [0, 0.1) is 5.92 Å². The van der Waals surface area contributed by atoms with E-state index in [0.29, 0.717) is 12.4 Å². The summed E-state index contributed by atoms with van der Waals surface area (Å²) in [5.74, 6) is 3.26. The van der Waals surface area contributed by atoms with Crippen molar-refractivity contribution in [3.63, 3.8) is 0 Å². The number of aliphatic imine (C=N–C) groups is 1. The summed E-state index contributed by atoms with van der Waals surface area (Å²) in [5, 5.41) is 3.49. The van der Waals surface area contributed by atoms with Crippen molar-refractivity contribution in [2.45, 2.75) is 19.4 Å². The van der Waals surface area contributed by atoms with Crippen molar-refractivity contribution in [2.24, 2.45) is 10.9 Å².